The monoisotopic (exact) mass is 256 g/mol. The highest BCUT2D eigenvalue weighted by Crippen LogP contribution is 2.48. The van der Waals surface area contributed by atoms with Crippen LogP contribution >= 0.6 is 0 Å². The van der Waals surface area contributed by atoms with Gasteiger partial charge in [0.15, 0.2) is 0 Å². The molecule has 1 N–H and O–H groups in total. The third-order valence-electron chi connectivity index (χ3n) is 5.32. The molecule has 1 aromatic rings. The number of nitrogens with zero attached hydrogens (tertiary/aromatic N) is 2. The molecule has 4 atom stereocenters. The summed E-state index contributed by atoms with van der Waals surface area (Å²) in [5.74, 6) is 1.21. The fourth-order valence-corrected chi connectivity index (χ4v) is 4.58. The zero-order valence-corrected chi connectivity index (χ0v) is 11.3. The summed E-state index contributed by atoms with van der Waals surface area (Å²) in [5, 5.41) is 13.1. The maximum atomic E-state index is 9.41. The number of rotatable bonds is 1. The molecular weight excluding hydrogens is 236 g/mol. The van der Waals surface area contributed by atoms with Crippen LogP contribution in [0.15, 0.2) is 29.4 Å². The summed E-state index contributed by atoms with van der Waals surface area (Å²) >= 11 is 0. The second-order valence-corrected chi connectivity index (χ2v) is 6.33. The Hall–Kier alpha value is -1.51. The van der Waals surface area contributed by atoms with Crippen LogP contribution in [0.1, 0.15) is 31.7 Å². The lowest BCUT2D eigenvalue weighted by Crippen LogP contribution is -2.47. The SMILES string of the molecule is CC1Cc2ccccc2N1C1/C(=N/O)C2CCC1C2. The Morgan fingerprint density at radius 3 is 2.95 bits per heavy atom. The standard InChI is InChI=1S/C16H20N2O/c1-10-8-11-4-2-3-5-14(11)18(10)16-13-7-6-12(9-13)15(16)17-19/h2-5,10,12-13,16,19H,6-9H2,1H3/b17-15+. The van der Waals surface area contributed by atoms with E-state index in [4.69, 9.17) is 0 Å². The van der Waals surface area contributed by atoms with Crippen LogP contribution in [0.3, 0.4) is 0 Å². The van der Waals surface area contributed by atoms with E-state index in [2.05, 4.69) is 41.2 Å². The molecule has 2 bridgehead atoms. The lowest BCUT2D eigenvalue weighted by atomic mass is 9.91. The minimum absolute atomic E-state index is 0.336. The summed E-state index contributed by atoms with van der Waals surface area (Å²) in [5.41, 5.74) is 3.84. The van der Waals surface area contributed by atoms with Crippen molar-refractivity contribution in [1.82, 2.24) is 0 Å². The first-order valence-electron chi connectivity index (χ1n) is 7.37. The molecule has 2 saturated carbocycles. The normalized spacial score (nSPS) is 38.2. The lowest BCUT2D eigenvalue weighted by molar-refractivity contribution is 0.310. The van der Waals surface area contributed by atoms with Crippen molar-refractivity contribution < 1.29 is 5.21 Å². The Morgan fingerprint density at radius 1 is 1.26 bits per heavy atom. The molecule has 3 heteroatoms. The van der Waals surface area contributed by atoms with Crippen LogP contribution in [0.2, 0.25) is 0 Å². The number of hydrogen-bond donors (Lipinski definition) is 1. The number of oxime groups is 1. The van der Waals surface area contributed by atoms with Gasteiger partial charge in [-0.2, -0.15) is 0 Å². The van der Waals surface area contributed by atoms with E-state index in [9.17, 15) is 5.21 Å². The molecule has 4 unspecified atom stereocenters. The second-order valence-electron chi connectivity index (χ2n) is 6.33. The van der Waals surface area contributed by atoms with Crippen molar-refractivity contribution in [3.05, 3.63) is 29.8 Å². The summed E-state index contributed by atoms with van der Waals surface area (Å²) in [6.07, 6.45) is 4.84. The minimum Gasteiger partial charge on any atom is -0.411 e. The zero-order valence-electron chi connectivity index (χ0n) is 11.3. The largest absolute Gasteiger partial charge is 0.411 e. The minimum atomic E-state index is 0.336. The van der Waals surface area contributed by atoms with E-state index in [1.54, 1.807) is 0 Å². The van der Waals surface area contributed by atoms with Gasteiger partial charge in [0, 0.05) is 17.6 Å². The van der Waals surface area contributed by atoms with Gasteiger partial charge in [-0.15, -0.1) is 0 Å². The Morgan fingerprint density at radius 2 is 2.11 bits per heavy atom. The Kier molecular flexibility index (Phi) is 2.38. The third-order valence-corrected chi connectivity index (χ3v) is 5.32. The highest BCUT2D eigenvalue weighted by Gasteiger charge is 2.50. The first-order chi connectivity index (χ1) is 9.29. The van der Waals surface area contributed by atoms with Crippen molar-refractivity contribution in [3.8, 4) is 0 Å². The summed E-state index contributed by atoms with van der Waals surface area (Å²) < 4.78 is 0. The Labute approximate surface area is 113 Å². The van der Waals surface area contributed by atoms with Gasteiger partial charge in [0.25, 0.3) is 0 Å². The fraction of sp³-hybridized carbons (Fsp3) is 0.562. The number of hydrogen-bond acceptors (Lipinski definition) is 3. The van der Waals surface area contributed by atoms with E-state index < -0.39 is 0 Å². The number of fused-ring (bicyclic) bond motifs is 3. The molecule has 0 aromatic heterocycles. The summed E-state index contributed by atoms with van der Waals surface area (Å²) in [6.45, 7) is 2.29. The smallest absolute Gasteiger partial charge is 0.0828 e. The molecule has 100 valence electrons. The lowest BCUT2D eigenvalue weighted by Gasteiger charge is -2.37. The Balaban J connectivity index is 1.77. The molecule has 3 aliphatic rings. The van der Waals surface area contributed by atoms with Crippen molar-refractivity contribution in [1.29, 1.82) is 0 Å². The van der Waals surface area contributed by atoms with E-state index >= 15 is 0 Å². The number of anilines is 1. The maximum absolute atomic E-state index is 9.41. The van der Waals surface area contributed by atoms with E-state index in [1.807, 2.05) is 0 Å². The first-order valence-corrected chi connectivity index (χ1v) is 7.37. The molecule has 1 aliphatic heterocycles. The average Bonchev–Trinajstić information content (AvgIpc) is 3.08. The highest BCUT2D eigenvalue weighted by molar-refractivity contribution is 5.97. The van der Waals surface area contributed by atoms with Crippen LogP contribution in [0.5, 0.6) is 0 Å². The molecule has 3 nitrogen and oxygen atoms in total. The quantitative estimate of drug-likeness (QED) is 0.619. The van der Waals surface area contributed by atoms with Crippen LogP contribution in [0.4, 0.5) is 5.69 Å². The van der Waals surface area contributed by atoms with Crippen LogP contribution in [0, 0.1) is 11.8 Å². The van der Waals surface area contributed by atoms with Crippen molar-refractivity contribution in [3.63, 3.8) is 0 Å². The van der Waals surface area contributed by atoms with Gasteiger partial charge in [-0.05, 0) is 50.2 Å². The molecule has 0 saturated heterocycles. The van der Waals surface area contributed by atoms with Gasteiger partial charge in [-0.3, -0.25) is 0 Å². The summed E-state index contributed by atoms with van der Waals surface area (Å²) in [6, 6.07) is 9.54. The van der Waals surface area contributed by atoms with Gasteiger partial charge < -0.3 is 10.1 Å². The summed E-state index contributed by atoms with van der Waals surface area (Å²) in [4.78, 5) is 2.52. The molecule has 0 radical (unpaired) electrons. The van der Waals surface area contributed by atoms with Gasteiger partial charge in [0.1, 0.15) is 0 Å². The van der Waals surface area contributed by atoms with E-state index in [-0.39, 0.29) is 0 Å². The van der Waals surface area contributed by atoms with E-state index in [0.29, 0.717) is 23.9 Å². The van der Waals surface area contributed by atoms with Gasteiger partial charge in [-0.1, -0.05) is 23.4 Å². The maximum Gasteiger partial charge on any atom is 0.0828 e. The molecule has 2 fully saturated rings. The number of benzene rings is 1. The third kappa shape index (κ3) is 1.47. The molecule has 0 spiro atoms. The predicted molar refractivity (Wildman–Crippen MR) is 75.9 cm³/mol. The fourth-order valence-electron chi connectivity index (χ4n) is 4.58. The molecular formula is C16H20N2O. The highest BCUT2D eigenvalue weighted by atomic mass is 16.4. The first kappa shape index (κ1) is 11.3. The molecule has 1 aromatic carbocycles. The average molecular weight is 256 g/mol. The zero-order chi connectivity index (χ0) is 13.0. The van der Waals surface area contributed by atoms with Crippen molar-refractivity contribution in [2.75, 3.05) is 4.90 Å². The number of para-hydroxylation sites is 1. The van der Waals surface area contributed by atoms with Crippen molar-refractivity contribution in [2.45, 2.75) is 44.7 Å². The van der Waals surface area contributed by atoms with Crippen LogP contribution in [-0.2, 0) is 6.42 Å². The second kappa shape index (κ2) is 3.99. The van der Waals surface area contributed by atoms with Crippen LogP contribution < -0.4 is 4.90 Å². The van der Waals surface area contributed by atoms with Crippen LogP contribution in [-0.4, -0.2) is 23.0 Å². The van der Waals surface area contributed by atoms with Gasteiger partial charge >= 0.3 is 0 Å². The van der Waals surface area contributed by atoms with Gasteiger partial charge in [0.2, 0.25) is 0 Å². The molecule has 1 heterocycles. The van der Waals surface area contributed by atoms with Gasteiger partial charge in [0.05, 0.1) is 11.8 Å². The molecule has 4 rings (SSSR count). The Bertz CT molecular complexity index is 539. The van der Waals surface area contributed by atoms with Gasteiger partial charge in [-0.25, -0.2) is 0 Å². The van der Waals surface area contributed by atoms with E-state index in [1.165, 1.54) is 30.5 Å². The van der Waals surface area contributed by atoms with E-state index in [0.717, 1.165) is 12.1 Å². The topological polar surface area (TPSA) is 35.8 Å². The molecule has 2 aliphatic carbocycles. The van der Waals surface area contributed by atoms with Crippen molar-refractivity contribution >= 4 is 11.4 Å². The molecule has 0 amide bonds. The predicted octanol–water partition coefficient (Wildman–Crippen LogP) is 3.07. The summed E-state index contributed by atoms with van der Waals surface area (Å²) in [7, 11) is 0. The van der Waals surface area contributed by atoms with Crippen molar-refractivity contribution in [2.24, 2.45) is 17.0 Å². The van der Waals surface area contributed by atoms with Crippen LogP contribution in [0.25, 0.3) is 0 Å². The molecule has 19 heavy (non-hydrogen) atoms.